The molecule has 8 heteroatoms. The van der Waals surface area contributed by atoms with Crippen molar-refractivity contribution in [3.05, 3.63) is 51.9 Å². The third kappa shape index (κ3) is 4.95. The Hall–Kier alpha value is -2.10. The summed E-state index contributed by atoms with van der Waals surface area (Å²) in [5, 5.41) is 15.9. The molecule has 0 aliphatic heterocycles. The van der Waals surface area contributed by atoms with Crippen LogP contribution >= 0.6 is 22.6 Å². The van der Waals surface area contributed by atoms with Gasteiger partial charge in [-0.3, -0.25) is 4.68 Å². The van der Waals surface area contributed by atoms with Crippen LogP contribution in [0.5, 0.6) is 0 Å². The van der Waals surface area contributed by atoms with Crippen molar-refractivity contribution in [2.75, 3.05) is 0 Å². The Morgan fingerprint density at radius 2 is 2.09 bits per heavy atom. The van der Waals surface area contributed by atoms with Gasteiger partial charge in [-0.25, -0.2) is 9.59 Å². The Morgan fingerprint density at radius 3 is 2.65 bits per heavy atom. The van der Waals surface area contributed by atoms with Crippen molar-refractivity contribution in [3.8, 4) is 0 Å². The number of nitrogens with one attached hydrogen (secondary N) is 1. The van der Waals surface area contributed by atoms with Gasteiger partial charge >= 0.3 is 12.1 Å². The lowest BCUT2D eigenvalue weighted by Crippen LogP contribution is -2.55. The van der Waals surface area contributed by atoms with Crippen molar-refractivity contribution in [2.45, 2.75) is 25.6 Å². The molecule has 0 spiro atoms. The first-order chi connectivity index (χ1) is 10.9. The normalized spacial score (nSPS) is 13.1. The molecule has 0 saturated heterocycles. The summed E-state index contributed by atoms with van der Waals surface area (Å²) in [5.74, 6) is -1.17. The monoisotopic (exact) mass is 429 g/mol. The first-order valence-corrected chi connectivity index (χ1v) is 7.87. The second-order valence-electron chi connectivity index (χ2n) is 5.18. The van der Waals surface area contributed by atoms with Gasteiger partial charge in [-0.2, -0.15) is 5.10 Å². The lowest BCUT2D eigenvalue weighted by atomic mass is 10.0. The van der Waals surface area contributed by atoms with E-state index >= 15 is 0 Å². The van der Waals surface area contributed by atoms with E-state index in [-0.39, 0.29) is 13.2 Å². The molecule has 0 saturated carbocycles. The summed E-state index contributed by atoms with van der Waals surface area (Å²) < 4.78 is 7.41. The molecule has 1 unspecified atom stereocenters. The number of benzene rings is 1. The average molecular weight is 429 g/mol. The zero-order valence-corrected chi connectivity index (χ0v) is 14.6. The molecule has 2 rings (SSSR count). The number of aliphatic carboxylic acids is 1. The molecular formula is C15H16IN3O4. The number of rotatable bonds is 6. The average Bonchev–Trinajstić information content (AvgIpc) is 2.91. The number of amides is 1. The van der Waals surface area contributed by atoms with Gasteiger partial charge in [0.2, 0.25) is 0 Å². The Kier molecular flexibility index (Phi) is 5.59. The highest BCUT2D eigenvalue weighted by Gasteiger charge is 2.36. The topological polar surface area (TPSA) is 93.5 Å². The SMILES string of the molecule is CC(Cn1cc(I)cn1)(NC(=O)OCc1ccccc1)C(=O)O. The quantitative estimate of drug-likeness (QED) is 0.688. The van der Waals surface area contributed by atoms with E-state index < -0.39 is 17.6 Å². The van der Waals surface area contributed by atoms with Crippen molar-refractivity contribution < 1.29 is 19.4 Å². The summed E-state index contributed by atoms with van der Waals surface area (Å²) >= 11 is 2.07. The molecule has 1 heterocycles. The molecule has 1 amide bonds. The van der Waals surface area contributed by atoms with Crippen LogP contribution in [0.4, 0.5) is 4.79 Å². The van der Waals surface area contributed by atoms with Gasteiger partial charge in [0.1, 0.15) is 6.61 Å². The van der Waals surface area contributed by atoms with Crippen LogP contribution in [0.3, 0.4) is 0 Å². The maximum absolute atomic E-state index is 11.9. The molecular weight excluding hydrogens is 413 g/mol. The van der Waals surface area contributed by atoms with Gasteiger partial charge in [0, 0.05) is 6.20 Å². The minimum absolute atomic E-state index is 0.00816. The number of halogens is 1. The summed E-state index contributed by atoms with van der Waals surface area (Å²) in [7, 11) is 0. The van der Waals surface area contributed by atoms with Crippen LogP contribution in [-0.2, 0) is 22.7 Å². The minimum atomic E-state index is -1.52. The fraction of sp³-hybridized carbons (Fsp3) is 0.267. The summed E-state index contributed by atoms with van der Waals surface area (Å²) in [4.78, 5) is 23.4. The molecule has 23 heavy (non-hydrogen) atoms. The molecule has 0 radical (unpaired) electrons. The van der Waals surface area contributed by atoms with Crippen LogP contribution in [0, 0.1) is 3.57 Å². The molecule has 0 aliphatic rings. The Bertz CT molecular complexity index is 689. The number of carbonyl (C=O) groups excluding carboxylic acids is 1. The van der Waals surface area contributed by atoms with Gasteiger partial charge < -0.3 is 15.2 Å². The van der Waals surface area contributed by atoms with Gasteiger partial charge in [0.05, 0.1) is 16.3 Å². The van der Waals surface area contributed by atoms with Crippen molar-refractivity contribution in [3.63, 3.8) is 0 Å². The number of aromatic nitrogens is 2. The van der Waals surface area contributed by atoms with Gasteiger partial charge in [-0.15, -0.1) is 0 Å². The smallest absolute Gasteiger partial charge is 0.408 e. The van der Waals surface area contributed by atoms with Crippen molar-refractivity contribution in [1.29, 1.82) is 0 Å². The zero-order valence-electron chi connectivity index (χ0n) is 12.4. The third-order valence-electron chi connectivity index (χ3n) is 3.14. The van der Waals surface area contributed by atoms with Crippen LogP contribution in [0.15, 0.2) is 42.7 Å². The molecule has 2 N–H and O–H groups in total. The van der Waals surface area contributed by atoms with E-state index in [1.807, 2.05) is 30.3 Å². The molecule has 1 atom stereocenters. The van der Waals surface area contributed by atoms with E-state index in [0.717, 1.165) is 9.13 Å². The predicted molar refractivity (Wildman–Crippen MR) is 90.7 cm³/mol. The molecule has 1 aromatic heterocycles. The zero-order chi connectivity index (χ0) is 16.9. The van der Waals surface area contributed by atoms with Gasteiger partial charge in [-0.1, -0.05) is 30.3 Å². The third-order valence-corrected chi connectivity index (χ3v) is 3.70. The molecule has 0 bridgehead atoms. The van der Waals surface area contributed by atoms with E-state index in [1.54, 1.807) is 12.4 Å². The van der Waals surface area contributed by atoms with Gasteiger partial charge in [0.15, 0.2) is 5.54 Å². The van der Waals surface area contributed by atoms with Crippen LogP contribution < -0.4 is 5.32 Å². The van der Waals surface area contributed by atoms with E-state index in [2.05, 4.69) is 33.0 Å². The second kappa shape index (κ2) is 7.44. The molecule has 0 fully saturated rings. The number of hydrogen-bond donors (Lipinski definition) is 2. The second-order valence-corrected chi connectivity index (χ2v) is 6.43. The number of nitrogens with zero attached hydrogens (tertiary/aromatic N) is 2. The Balaban J connectivity index is 1.97. The summed E-state index contributed by atoms with van der Waals surface area (Å²) in [6.07, 6.45) is 2.51. The number of alkyl carbamates (subject to hydrolysis) is 1. The summed E-state index contributed by atoms with van der Waals surface area (Å²) in [6, 6.07) is 9.15. The van der Waals surface area contributed by atoms with Crippen molar-refractivity contribution in [1.82, 2.24) is 15.1 Å². The van der Waals surface area contributed by atoms with Crippen LogP contribution in [-0.4, -0.2) is 32.5 Å². The van der Waals surface area contributed by atoms with Crippen LogP contribution in [0.1, 0.15) is 12.5 Å². The van der Waals surface area contributed by atoms with E-state index in [1.165, 1.54) is 11.6 Å². The minimum Gasteiger partial charge on any atom is -0.479 e. The number of carboxylic acid groups (broad SMARTS) is 1. The van der Waals surface area contributed by atoms with E-state index in [0.29, 0.717) is 0 Å². The summed E-state index contributed by atoms with van der Waals surface area (Å²) in [6.45, 7) is 1.47. The Morgan fingerprint density at radius 1 is 1.39 bits per heavy atom. The molecule has 2 aromatic rings. The van der Waals surface area contributed by atoms with Crippen molar-refractivity contribution >= 4 is 34.7 Å². The lowest BCUT2D eigenvalue weighted by molar-refractivity contribution is -0.144. The van der Waals surface area contributed by atoms with Crippen LogP contribution in [0.2, 0.25) is 0 Å². The number of carboxylic acids is 1. The number of ether oxygens (including phenoxy) is 1. The first-order valence-electron chi connectivity index (χ1n) is 6.79. The highest BCUT2D eigenvalue weighted by atomic mass is 127. The Labute approximate surface area is 146 Å². The maximum Gasteiger partial charge on any atom is 0.408 e. The number of carbonyl (C=O) groups is 2. The standard InChI is InChI=1S/C15H16IN3O4/c1-15(13(20)21,10-19-8-12(16)7-17-19)18-14(22)23-9-11-5-3-2-4-6-11/h2-8H,9-10H2,1H3,(H,18,22)(H,20,21). The molecule has 122 valence electrons. The first kappa shape index (κ1) is 17.3. The van der Waals surface area contributed by atoms with E-state index in [9.17, 15) is 14.7 Å². The number of hydrogen-bond acceptors (Lipinski definition) is 4. The highest BCUT2D eigenvalue weighted by molar-refractivity contribution is 14.1. The van der Waals surface area contributed by atoms with Crippen molar-refractivity contribution in [2.24, 2.45) is 0 Å². The summed E-state index contributed by atoms with van der Waals surface area (Å²) in [5.41, 5.74) is -0.704. The lowest BCUT2D eigenvalue weighted by Gasteiger charge is -2.25. The molecule has 7 nitrogen and oxygen atoms in total. The maximum atomic E-state index is 11.9. The molecule has 1 aromatic carbocycles. The predicted octanol–water partition coefficient (Wildman–Crippen LogP) is 2.26. The van der Waals surface area contributed by atoms with Gasteiger partial charge in [-0.05, 0) is 35.1 Å². The molecule has 0 aliphatic carbocycles. The largest absolute Gasteiger partial charge is 0.479 e. The highest BCUT2D eigenvalue weighted by Crippen LogP contribution is 2.11. The van der Waals surface area contributed by atoms with Crippen LogP contribution in [0.25, 0.3) is 0 Å². The fourth-order valence-corrected chi connectivity index (χ4v) is 2.34. The van der Waals surface area contributed by atoms with Gasteiger partial charge in [0.25, 0.3) is 0 Å². The fourth-order valence-electron chi connectivity index (χ4n) is 1.89. The van der Waals surface area contributed by atoms with E-state index in [4.69, 9.17) is 4.74 Å².